The van der Waals surface area contributed by atoms with E-state index in [4.69, 9.17) is 47.0 Å². The third-order valence-electron chi connectivity index (χ3n) is 3.38. The monoisotopic (exact) mass is 488 g/mol. The SMILES string of the molecule is S=C(Nc1ccc(Br)cc1)Nc1nn(Cc2ccc(Cl)c(Cl)c2)cc1Cl. The highest BCUT2D eigenvalue weighted by molar-refractivity contribution is 9.10. The second kappa shape index (κ2) is 8.59. The maximum Gasteiger partial charge on any atom is 0.176 e. The highest BCUT2D eigenvalue weighted by Crippen LogP contribution is 2.24. The van der Waals surface area contributed by atoms with Crippen molar-refractivity contribution in [1.82, 2.24) is 9.78 Å². The lowest BCUT2D eigenvalue weighted by atomic mass is 10.2. The first-order valence-electron chi connectivity index (χ1n) is 7.41. The maximum absolute atomic E-state index is 6.25. The van der Waals surface area contributed by atoms with Crippen molar-refractivity contribution in [3.63, 3.8) is 0 Å². The Kier molecular flexibility index (Phi) is 6.42. The third-order valence-corrected chi connectivity index (χ3v) is 5.13. The van der Waals surface area contributed by atoms with Crippen LogP contribution < -0.4 is 10.6 Å². The normalized spacial score (nSPS) is 10.6. The molecule has 1 aromatic heterocycles. The zero-order chi connectivity index (χ0) is 18.7. The van der Waals surface area contributed by atoms with Crippen LogP contribution in [0.1, 0.15) is 5.56 Å². The lowest BCUT2D eigenvalue weighted by Gasteiger charge is -2.09. The summed E-state index contributed by atoms with van der Waals surface area (Å²) in [5, 5.41) is 12.4. The van der Waals surface area contributed by atoms with Crippen LogP contribution in [0.4, 0.5) is 11.5 Å². The highest BCUT2D eigenvalue weighted by atomic mass is 79.9. The molecule has 0 aliphatic carbocycles. The summed E-state index contributed by atoms with van der Waals surface area (Å²) in [4.78, 5) is 0. The molecule has 3 aromatic rings. The summed E-state index contributed by atoms with van der Waals surface area (Å²) >= 11 is 26.9. The summed E-state index contributed by atoms with van der Waals surface area (Å²) in [6, 6.07) is 13.1. The quantitative estimate of drug-likeness (QED) is 0.412. The predicted octanol–water partition coefficient (Wildman–Crippen LogP) is 6.46. The molecular formula is C17H12BrCl3N4S. The molecule has 2 aromatic carbocycles. The number of thiocarbonyl (C=S) groups is 1. The van der Waals surface area contributed by atoms with Crippen LogP contribution in [0.25, 0.3) is 0 Å². The van der Waals surface area contributed by atoms with Gasteiger partial charge in [0.2, 0.25) is 0 Å². The van der Waals surface area contributed by atoms with E-state index in [-0.39, 0.29) is 0 Å². The van der Waals surface area contributed by atoms with Crippen LogP contribution >= 0.6 is 63.0 Å². The Bertz CT molecular complexity index is 944. The first-order valence-corrected chi connectivity index (χ1v) is 9.74. The second-order valence-corrected chi connectivity index (χ2v) is 7.90. The number of hydrogen-bond donors (Lipinski definition) is 2. The van der Waals surface area contributed by atoms with E-state index in [1.807, 2.05) is 30.3 Å². The van der Waals surface area contributed by atoms with Gasteiger partial charge in [0.25, 0.3) is 0 Å². The van der Waals surface area contributed by atoms with Gasteiger partial charge in [-0.15, -0.1) is 0 Å². The fourth-order valence-corrected chi connectivity index (χ4v) is 3.19. The highest BCUT2D eigenvalue weighted by Gasteiger charge is 2.10. The lowest BCUT2D eigenvalue weighted by molar-refractivity contribution is 0.690. The largest absolute Gasteiger partial charge is 0.332 e. The van der Waals surface area contributed by atoms with E-state index >= 15 is 0 Å². The fraction of sp³-hybridized carbons (Fsp3) is 0.0588. The van der Waals surface area contributed by atoms with E-state index in [1.165, 1.54) is 0 Å². The molecule has 0 fully saturated rings. The summed E-state index contributed by atoms with van der Waals surface area (Å²) < 4.78 is 2.69. The number of nitrogens with zero attached hydrogens (tertiary/aromatic N) is 2. The third kappa shape index (κ3) is 5.11. The molecule has 0 radical (unpaired) electrons. The van der Waals surface area contributed by atoms with Crippen molar-refractivity contribution in [1.29, 1.82) is 0 Å². The van der Waals surface area contributed by atoms with Gasteiger partial charge in [0.1, 0.15) is 5.02 Å². The summed E-state index contributed by atoms with van der Waals surface area (Å²) in [6.45, 7) is 0.505. The molecule has 4 nitrogen and oxygen atoms in total. The smallest absolute Gasteiger partial charge is 0.176 e. The minimum Gasteiger partial charge on any atom is -0.332 e. The van der Waals surface area contributed by atoms with Gasteiger partial charge in [0, 0.05) is 16.4 Å². The molecule has 0 spiro atoms. The van der Waals surface area contributed by atoms with Crippen molar-refractivity contribution in [3.8, 4) is 0 Å². The number of hydrogen-bond acceptors (Lipinski definition) is 2. The van der Waals surface area contributed by atoms with Crippen molar-refractivity contribution in [2.75, 3.05) is 10.6 Å². The molecule has 1 heterocycles. The molecule has 0 unspecified atom stereocenters. The number of aromatic nitrogens is 2. The molecule has 2 N–H and O–H groups in total. The van der Waals surface area contributed by atoms with E-state index in [0.29, 0.717) is 32.5 Å². The molecule has 0 atom stereocenters. The van der Waals surface area contributed by atoms with E-state index in [1.54, 1.807) is 23.0 Å². The summed E-state index contributed by atoms with van der Waals surface area (Å²) in [6.07, 6.45) is 1.72. The Hall–Kier alpha value is -1.31. The molecule has 9 heteroatoms. The molecule has 0 aliphatic rings. The van der Waals surface area contributed by atoms with Crippen LogP contribution in [0.5, 0.6) is 0 Å². The Morgan fingerprint density at radius 1 is 1.00 bits per heavy atom. The topological polar surface area (TPSA) is 41.9 Å². The first kappa shape index (κ1) is 19.5. The van der Waals surface area contributed by atoms with Gasteiger partial charge in [-0.05, 0) is 54.2 Å². The zero-order valence-corrected chi connectivity index (χ0v) is 17.8. The van der Waals surface area contributed by atoms with Gasteiger partial charge >= 0.3 is 0 Å². The van der Waals surface area contributed by atoms with E-state index in [0.717, 1.165) is 15.7 Å². The zero-order valence-electron chi connectivity index (χ0n) is 13.1. The fourth-order valence-electron chi connectivity index (χ4n) is 2.19. The predicted molar refractivity (Wildman–Crippen MR) is 117 cm³/mol. The number of benzene rings is 2. The van der Waals surface area contributed by atoms with Gasteiger partial charge in [-0.3, -0.25) is 4.68 Å². The van der Waals surface area contributed by atoms with E-state index in [2.05, 4.69) is 31.7 Å². The number of halogens is 4. The molecule has 3 rings (SSSR count). The molecule has 26 heavy (non-hydrogen) atoms. The maximum atomic E-state index is 6.25. The van der Waals surface area contributed by atoms with E-state index < -0.39 is 0 Å². The van der Waals surface area contributed by atoms with Gasteiger partial charge in [-0.25, -0.2) is 0 Å². The van der Waals surface area contributed by atoms with Crippen LogP contribution in [0, 0.1) is 0 Å². The minimum absolute atomic E-state index is 0.397. The number of anilines is 2. The summed E-state index contributed by atoms with van der Waals surface area (Å²) in [5.41, 5.74) is 1.82. The number of nitrogens with one attached hydrogen (secondary N) is 2. The van der Waals surface area contributed by atoms with Crippen LogP contribution in [0.15, 0.2) is 53.1 Å². The Labute approximate surface area is 179 Å². The van der Waals surface area contributed by atoms with Gasteiger partial charge < -0.3 is 10.6 Å². The Balaban J connectivity index is 1.66. The Morgan fingerprint density at radius 2 is 1.73 bits per heavy atom. The van der Waals surface area contributed by atoms with Crippen molar-refractivity contribution in [2.24, 2.45) is 0 Å². The van der Waals surface area contributed by atoms with Gasteiger partial charge in [-0.2, -0.15) is 5.10 Å². The lowest BCUT2D eigenvalue weighted by Crippen LogP contribution is -2.19. The molecule has 0 amide bonds. The van der Waals surface area contributed by atoms with Gasteiger partial charge in [0.15, 0.2) is 10.9 Å². The van der Waals surface area contributed by atoms with Crippen LogP contribution in [0.3, 0.4) is 0 Å². The van der Waals surface area contributed by atoms with Crippen LogP contribution in [-0.4, -0.2) is 14.9 Å². The van der Waals surface area contributed by atoms with E-state index in [9.17, 15) is 0 Å². The number of rotatable bonds is 4. The molecule has 0 aliphatic heterocycles. The minimum atomic E-state index is 0.397. The van der Waals surface area contributed by atoms with Gasteiger partial charge in [-0.1, -0.05) is 56.8 Å². The molecule has 0 bridgehead atoms. The summed E-state index contributed by atoms with van der Waals surface area (Å²) in [7, 11) is 0. The van der Waals surface area contributed by atoms with Crippen molar-refractivity contribution >= 4 is 79.6 Å². The van der Waals surface area contributed by atoms with Gasteiger partial charge in [0.05, 0.1) is 16.6 Å². The van der Waals surface area contributed by atoms with Crippen molar-refractivity contribution in [2.45, 2.75) is 6.54 Å². The van der Waals surface area contributed by atoms with Crippen LogP contribution in [-0.2, 0) is 6.54 Å². The van der Waals surface area contributed by atoms with Crippen molar-refractivity contribution in [3.05, 3.63) is 73.8 Å². The molecule has 0 saturated carbocycles. The molecular weight excluding hydrogens is 479 g/mol. The van der Waals surface area contributed by atoms with Crippen LogP contribution in [0.2, 0.25) is 15.1 Å². The standard InChI is InChI=1S/C17H12BrCl3N4S/c18-11-2-4-12(5-3-11)22-17(26)23-16-15(21)9-25(24-16)8-10-1-6-13(19)14(20)7-10/h1-7,9H,8H2,(H2,22,23,24,26). The average Bonchev–Trinajstić information content (AvgIpc) is 2.92. The molecule has 0 saturated heterocycles. The molecule has 134 valence electrons. The van der Waals surface area contributed by atoms with Crippen molar-refractivity contribution < 1.29 is 0 Å². The summed E-state index contributed by atoms with van der Waals surface area (Å²) in [5.74, 6) is 0.473. The average molecular weight is 491 g/mol. The Morgan fingerprint density at radius 3 is 2.42 bits per heavy atom. The first-order chi connectivity index (χ1) is 12.4. The second-order valence-electron chi connectivity index (χ2n) is 5.36.